The molecule has 7 heteroatoms. The van der Waals surface area contributed by atoms with Gasteiger partial charge >= 0.3 is 0 Å². The molecular weight excluding hydrogens is 467 g/mol. The van der Waals surface area contributed by atoms with E-state index in [9.17, 15) is 5.11 Å². The Morgan fingerprint density at radius 3 is 2.57 bits per heavy atom. The van der Waals surface area contributed by atoms with Crippen molar-refractivity contribution in [3.05, 3.63) is 0 Å². The summed E-state index contributed by atoms with van der Waals surface area (Å²) in [6.07, 6.45) is 6.66. The number of halogens is 1. The fourth-order valence-electron chi connectivity index (χ4n) is 4.06. The molecule has 1 aliphatic carbocycles. The highest BCUT2D eigenvalue weighted by Gasteiger charge is 2.35. The van der Waals surface area contributed by atoms with Crippen molar-refractivity contribution in [2.75, 3.05) is 39.3 Å². The largest absolute Gasteiger partial charge is 0.392 e. The van der Waals surface area contributed by atoms with Crippen LogP contribution < -0.4 is 10.6 Å². The maximum atomic E-state index is 10.4. The van der Waals surface area contributed by atoms with Crippen molar-refractivity contribution in [1.82, 2.24) is 15.5 Å². The van der Waals surface area contributed by atoms with Crippen LogP contribution in [-0.2, 0) is 4.74 Å². The molecule has 166 valence electrons. The highest BCUT2D eigenvalue weighted by atomic mass is 127. The third-order valence-electron chi connectivity index (χ3n) is 6.01. The summed E-state index contributed by atoms with van der Waals surface area (Å²) in [5.41, 5.74) is -0.0830. The van der Waals surface area contributed by atoms with Gasteiger partial charge in [-0.05, 0) is 46.5 Å². The molecule has 1 saturated carbocycles. The van der Waals surface area contributed by atoms with E-state index in [0.29, 0.717) is 18.7 Å². The summed E-state index contributed by atoms with van der Waals surface area (Å²) >= 11 is 0. The van der Waals surface area contributed by atoms with Gasteiger partial charge in [-0.3, -0.25) is 4.99 Å². The number of hydrogen-bond acceptors (Lipinski definition) is 4. The average Bonchev–Trinajstić information content (AvgIpc) is 2.64. The van der Waals surface area contributed by atoms with Crippen LogP contribution in [0.5, 0.6) is 0 Å². The van der Waals surface area contributed by atoms with Crippen LogP contribution in [0.3, 0.4) is 0 Å². The Labute approximate surface area is 189 Å². The van der Waals surface area contributed by atoms with Crippen LogP contribution in [0.4, 0.5) is 0 Å². The molecule has 0 radical (unpaired) electrons. The summed E-state index contributed by atoms with van der Waals surface area (Å²) in [6, 6.07) is 0.467. The molecule has 3 N–H and O–H groups in total. The van der Waals surface area contributed by atoms with Crippen LogP contribution in [-0.4, -0.2) is 73.5 Å². The maximum absolute atomic E-state index is 10.4. The van der Waals surface area contributed by atoms with E-state index < -0.39 is 0 Å². The van der Waals surface area contributed by atoms with Crippen LogP contribution in [0, 0.1) is 5.41 Å². The molecule has 1 aliphatic heterocycles. The van der Waals surface area contributed by atoms with Gasteiger partial charge < -0.3 is 25.4 Å². The van der Waals surface area contributed by atoms with Gasteiger partial charge in [-0.15, -0.1) is 24.0 Å². The molecule has 1 saturated heterocycles. The highest BCUT2D eigenvalue weighted by molar-refractivity contribution is 14.0. The summed E-state index contributed by atoms with van der Waals surface area (Å²) in [6.45, 7) is 14.1. The number of nitrogens with zero attached hydrogens (tertiary/aromatic N) is 2. The number of guanidine groups is 1. The Morgan fingerprint density at radius 2 is 1.96 bits per heavy atom. The predicted octanol–water partition coefficient (Wildman–Crippen LogP) is 2.99. The SMILES string of the molecule is CCNC(=NCC1(C)CCCCC1O)NC1CCN(CCOC(C)C)CC1.I. The van der Waals surface area contributed by atoms with E-state index in [0.717, 1.165) is 70.8 Å². The zero-order valence-electron chi connectivity index (χ0n) is 18.4. The quantitative estimate of drug-likeness (QED) is 0.266. The third kappa shape index (κ3) is 8.71. The van der Waals surface area contributed by atoms with Crippen molar-refractivity contribution >= 4 is 29.9 Å². The van der Waals surface area contributed by atoms with Crippen LogP contribution in [0.2, 0.25) is 0 Å². The standard InChI is InChI=1S/C21H42N4O2.HI/c1-5-22-20(23-16-21(4)11-7-6-8-19(21)26)24-18-9-12-25(13-10-18)14-15-27-17(2)3;/h17-19,26H,5-16H2,1-4H3,(H2,22,23,24);1H. The Morgan fingerprint density at radius 1 is 1.25 bits per heavy atom. The summed E-state index contributed by atoms with van der Waals surface area (Å²) in [4.78, 5) is 7.33. The molecule has 0 aromatic carbocycles. The van der Waals surface area contributed by atoms with Gasteiger partial charge in [-0.1, -0.05) is 19.8 Å². The molecular formula is C21H43IN4O2. The molecule has 0 aromatic heterocycles. The second-order valence-corrected chi connectivity index (χ2v) is 8.79. The van der Waals surface area contributed by atoms with Gasteiger partial charge in [0.1, 0.15) is 0 Å². The third-order valence-corrected chi connectivity index (χ3v) is 6.01. The van der Waals surface area contributed by atoms with E-state index in [1.165, 1.54) is 6.42 Å². The van der Waals surface area contributed by atoms with Crippen molar-refractivity contribution in [3.8, 4) is 0 Å². The predicted molar refractivity (Wildman–Crippen MR) is 128 cm³/mol. The molecule has 0 spiro atoms. The summed E-state index contributed by atoms with van der Waals surface area (Å²) < 4.78 is 5.67. The molecule has 2 rings (SSSR count). The van der Waals surface area contributed by atoms with Crippen LogP contribution >= 0.6 is 24.0 Å². The number of aliphatic imine (C=N–C) groups is 1. The van der Waals surface area contributed by atoms with Crippen molar-refractivity contribution in [2.24, 2.45) is 10.4 Å². The van der Waals surface area contributed by atoms with E-state index in [2.05, 4.69) is 43.2 Å². The van der Waals surface area contributed by atoms with E-state index in [4.69, 9.17) is 9.73 Å². The number of rotatable bonds is 8. The Kier molecular flexibility index (Phi) is 12.3. The number of piperidine rings is 1. The molecule has 0 aromatic rings. The molecule has 2 aliphatic rings. The fourth-order valence-corrected chi connectivity index (χ4v) is 4.06. The van der Waals surface area contributed by atoms with E-state index in [1.807, 2.05) is 0 Å². The minimum atomic E-state index is -0.228. The normalized spacial score (nSPS) is 27.5. The lowest BCUT2D eigenvalue weighted by atomic mass is 9.73. The van der Waals surface area contributed by atoms with Gasteiger partial charge in [-0.25, -0.2) is 0 Å². The van der Waals surface area contributed by atoms with Crippen molar-refractivity contribution < 1.29 is 9.84 Å². The second-order valence-electron chi connectivity index (χ2n) is 8.79. The number of hydrogen-bond donors (Lipinski definition) is 3. The van der Waals surface area contributed by atoms with Crippen molar-refractivity contribution in [2.45, 2.75) is 84.5 Å². The molecule has 6 nitrogen and oxygen atoms in total. The van der Waals surface area contributed by atoms with E-state index >= 15 is 0 Å². The van der Waals surface area contributed by atoms with Crippen molar-refractivity contribution in [3.63, 3.8) is 0 Å². The zero-order chi connectivity index (χ0) is 19.7. The first-order valence-corrected chi connectivity index (χ1v) is 11.0. The molecule has 1 heterocycles. The Hall–Kier alpha value is -0.120. The number of ether oxygens (including phenoxy) is 1. The second kappa shape index (κ2) is 13.2. The summed E-state index contributed by atoms with van der Waals surface area (Å²) in [7, 11) is 0. The molecule has 2 fully saturated rings. The van der Waals surface area contributed by atoms with Gasteiger partial charge in [-0.2, -0.15) is 0 Å². The first-order valence-electron chi connectivity index (χ1n) is 11.0. The van der Waals surface area contributed by atoms with E-state index in [1.54, 1.807) is 0 Å². The van der Waals surface area contributed by atoms with Crippen LogP contribution in [0.1, 0.15) is 66.2 Å². The number of likely N-dealkylation sites (tertiary alicyclic amines) is 1. The topological polar surface area (TPSA) is 69.1 Å². The fraction of sp³-hybridized carbons (Fsp3) is 0.952. The van der Waals surface area contributed by atoms with Gasteiger partial charge in [0.25, 0.3) is 0 Å². The van der Waals surface area contributed by atoms with Gasteiger partial charge in [0.05, 0.1) is 25.4 Å². The smallest absolute Gasteiger partial charge is 0.191 e. The van der Waals surface area contributed by atoms with Gasteiger partial charge in [0.15, 0.2) is 5.96 Å². The monoisotopic (exact) mass is 510 g/mol. The number of nitrogens with one attached hydrogen (secondary N) is 2. The molecule has 28 heavy (non-hydrogen) atoms. The lowest BCUT2D eigenvalue weighted by molar-refractivity contribution is 0.00714. The van der Waals surface area contributed by atoms with Gasteiger partial charge in [0, 0.05) is 37.6 Å². The van der Waals surface area contributed by atoms with E-state index in [-0.39, 0.29) is 35.5 Å². The zero-order valence-corrected chi connectivity index (χ0v) is 20.7. The minimum Gasteiger partial charge on any atom is -0.392 e. The highest BCUT2D eigenvalue weighted by Crippen LogP contribution is 2.36. The molecule has 2 atom stereocenters. The molecule has 0 amide bonds. The molecule has 0 bridgehead atoms. The first kappa shape index (κ1) is 25.9. The number of aliphatic hydroxyl groups is 1. The maximum Gasteiger partial charge on any atom is 0.191 e. The summed E-state index contributed by atoms with van der Waals surface area (Å²) in [5.74, 6) is 0.901. The van der Waals surface area contributed by atoms with Crippen LogP contribution in [0.25, 0.3) is 0 Å². The Bertz CT molecular complexity index is 456. The molecule has 2 unspecified atom stereocenters. The first-order chi connectivity index (χ1) is 12.9. The van der Waals surface area contributed by atoms with Crippen molar-refractivity contribution in [1.29, 1.82) is 0 Å². The average molecular weight is 511 g/mol. The minimum absolute atomic E-state index is 0. The van der Waals surface area contributed by atoms with Gasteiger partial charge in [0.2, 0.25) is 0 Å². The Balaban J connectivity index is 0.00000392. The number of aliphatic hydroxyl groups excluding tert-OH is 1. The lowest BCUT2D eigenvalue weighted by Gasteiger charge is -2.37. The lowest BCUT2D eigenvalue weighted by Crippen LogP contribution is -2.49. The van der Waals surface area contributed by atoms with Crippen LogP contribution in [0.15, 0.2) is 4.99 Å². The summed E-state index contributed by atoms with van der Waals surface area (Å²) in [5, 5.41) is 17.4.